The lowest BCUT2D eigenvalue weighted by atomic mass is 9.91. The van der Waals surface area contributed by atoms with E-state index < -0.39 is 0 Å². The molecule has 0 saturated carbocycles. The van der Waals surface area contributed by atoms with Crippen molar-refractivity contribution in [2.45, 2.75) is 44.4 Å². The molecule has 0 atom stereocenters. The summed E-state index contributed by atoms with van der Waals surface area (Å²) in [6.07, 6.45) is 7.48. The molecule has 2 aromatic heterocycles. The Morgan fingerprint density at radius 1 is 1.17 bits per heavy atom. The smallest absolute Gasteiger partial charge is 0.253 e. The highest BCUT2D eigenvalue weighted by Gasteiger charge is 2.25. The summed E-state index contributed by atoms with van der Waals surface area (Å²) in [6.45, 7) is 3.14. The van der Waals surface area contributed by atoms with Crippen molar-refractivity contribution in [1.29, 1.82) is 0 Å². The molecule has 2 fully saturated rings. The first-order valence-electron chi connectivity index (χ1n) is 10.9. The van der Waals surface area contributed by atoms with E-state index in [1.165, 1.54) is 0 Å². The fraction of sp³-hybridized carbons (Fsp3) is 0.545. The highest BCUT2D eigenvalue weighted by Crippen LogP contribution is 2.27. The number of fused-ring (bicyclic) bond motifs is 1. The molecule has 30 heavy (non-hydrogen) atoms. The van der Waals surface area contributed by atoms with Gasteiger partial charge in [-0.2, -0.15) is 4.98 Å². The van der Waals surface area contributed by atoms with Crippen LogP contribution in [0.15, 0.2) is 29.0 Å². The van der Waals surface area contributed by atoms with Gasteiger partial charge in [-0.3, -0.25) is 4.79 Å². The van der Waals surface area contributed by atoms with Crippen molar-refractivity contribution in [2.24, 2.45) is 5.92 Å². The third-order valence-corrected chi connectivity index (χ3v) is 6.40. The Hall–Kier alpha value is -2.74. The first kappa shape index (κ1) is 19.2. The summed E-state index contributed by atoms with van der Waals surface area (Å²) < 4.78 is 10.9. The molecular formula is C22H27N5O3. The van der Waals surface area contributed by atoms with Gasteiger partial charge in [0.25, 0.3) is 5.91 Å². The summed E-state index contributed by atoms with van der Waals surface area (Å²) in [7, 11) is 0. The van der Waals surface area contributed by atoms with Gasteiger partial charge in [-0.15, -0.1) is 0 Å². The molecule has 8 nitrogen and oxygen atoms in total. The van der Waals surface area contributed by atoms with E-state index >= 15 is 0 Å². The lowest BCUT2D eigenvalue weighted by Gasteiger charge is -2.32. The molecule has 0 radical (unpaired) electrons. The first-order valence-corrected chi connectivity index (χ1v) is 10.9. The summed E-state index contributed by atoms with van der Waals surface area (Å²) in [5.74, 6) is 2.61. The number of piperidine rings is 1. The summed E-state index contributed by atoms with van der Waals surface area (Å²) >= 11 is 0. The molecule has 1 amide bonds. The minimum atomic E-state index is 0.101. The minimum absolute atomic E-state index is 0.101. The molecular weight excluding hydrogens is 382 g/mol. The molecule has 4 heterocycles. The van der Waals surface area contributed by atoms with Crippen LogP contribution in [-0.2, 0) is 11.2 Å². The Morgan fingerprint density at radius 2 is 2.00 bits per heavy atom. The molecule has 1 N–H and O–H groups in total. The van der Waals surface area contributed by atoms with Crippen LogP contribution in [0.3, 0.4) is 0 Å². The largest absolute Gasteiger partial charge is 0.381 e. The number of imidazole rings is 1. The van der Waals surface area contributed by atoms with Crippen molar-refractivity contribution in [3.8, 4) is 0 Å². The average Bonchev–Trinajstić information content (AvgIpc) is 3.47. The number of hydrogen-bond donors (Lipinski definition) is 1. The number of aryl methyl sites for hydroxylation is 1. The van der Waals surface area contributed by atoms with Gasteiger partial charge in [0.15, 0.2) is 5.82 Å². The Bertz CT molecular complexity index is 999. The van der Waals surface area contributed by atoms with Crippen LogP contribution in [0, 0.1) is 5.92 Å². The van der Waals surface area contributed by atoms with Gasteiger partial charge in [0, 0.05) is 44.2 Å². The monoisotopic (exact) mass is 409 g/mol. The SMILES string of the molecule is O=C(c1ccc2nc[nH]c2c1)N1CCC(CCc2noc(C3CCOCC3)n2)CC1. The van der Waals surface area contributed by atoms with Gasteiger partial charge in [0.2, 0.25) is 5.89 Å². The van der Waals surface area contributed by atoms with Gasteiger partial charge in [0.1, 0.15) is 0 Å². The average molecular weight is 409 g/mol. The van der Waals surface area contributed by atoms with Crippen molar-refractivity contribution in [2.75, 3.05) is 26.3 Å². The molecule has 0 bridgehead atoms. The van der Waals surface area contributed by atoms with Crippen LogP contribution in [0.25, 0.3) is 11.0 Å². The second kappa shape index (κ2) is 8.55. The van der Waals surface area contributed by atoms with E-state index in [2.05, 4.69) is 20.1 Å². The predicted molar refractivity (Wildman–Crippen MR) is 110 cm³/mol. The molecule has 2 saturated heterocycles. The second-order valence-electron chi connectivity index (χ2n) is 8.34. The van der Waals surface area contributed by atoms with Crippen molar-refractivity contribution >= 4 is 16.9 Å². The number of benzene rings is 1. The fourth-order valence-corrected chi connectivity index (χ4v) is 4.49. The highest BCUT2D eigenvalue weighted by atomic mass is 16.5. The molecule has 158 valence electrons. The Kier molecular flexibility index (Phi) is 5.48. The molecule has 2 aliphatic rings. The van der Waals surface area contributed by atoms with Crippen molar-refractivity contribution in [3.63, 3.8) is 0 Å². The van der Waals surface area contributed by atoms with E-state index in [1.54, 1.807) is 6.33 Å². The van der Waals surface area contributed by atoms with E-state index in [0.717, 1.165) is 93.1 Å². The Morgan fingerprint density at radius 3 is 2.83 bits per heavy atom. The maximum atomic E-state index is 12.9. The van der Waals surface area contributed by atoms with Gasteiger partial charge in [-0.1, -0.05) is 5.16 Å². The lowest BCUT2D eigenvalue weighted by Crippen LogP contribution is -2.38. The summed E-state index contributed by atoms with van der Waals surface area (Å²) in [5, 5.41) is 4.18. The molecule has 3 aromatic rings. The number of rotatable bonds is 5. The summed E-state index contributed by atoms with van der Waals surface area (Å²) in [5.41, 5.74) is 2.50. The van der Waals surface area contributed by atoms with Crippen LogP contribution in [0.2, 0.25) is 0 Å². The quantitative estimate of drug-likeness (QED) is 0.694. The molecule has 2 aliphatic heterocycles. The lowest BCUT2D eigenvalue weighted by molar-refractivity contribution is 0.0686. The number of carbonyl (C=O) groups is 1. The normalized spacial score (nSPS) is 18.9. The second-order valence-corrected chi connectivity index (χ2v) is 8.34. The van der Waals surface area contributed by atoms with E-state index in [0.29, 0.717) is 11.8 Å². The van der Waals surface area contributed by atoms with Crippen LogP contribution in [0.1, 0.15) is 60.1 Å². The molecule has 5 rings (SSSR count). The summed E-state index contributed by atoms with van der Waals surface area (Å²) in [4.78, 5) is 26.7. The standard InChI is InChI=1S/C22H27N5O3/c28-22(17-2-3-18-19(13-17)24-14-23-18)27-9-5-15(6-10-27)1-4-20-25-21(30-26-20)16-7-11-29-12-8-16/h2-3,13-16H,1,4-12H2,(H,23,24). The zero-order chi connectivity index (χ0) is 20.3. The number of carbonyl (C=O) groups excluding carboxylic acids is 1. The Labute approximate surface area is 175 Å². The first-order chi connectivity index (χ1) is 14.8. The van der Waals surface area contributed by atoms with Crippen LogP contribution >= 0.6 is 0 Å². The van der Waals surface area contributed by atoms with Gasteiger partial charge in [-0.25, -0.2) is 4.98 Å². The molecule has 0 unspecified atom stereocenters. The number of amides is 1. The number of aromatic nitrogens is 4. The zero-order valence-corrected chi connectivity index (χ0v) is 17.0. The summed E-state index contributed by atoms with van der Waals surface area (Å²) in [6, 6.07) is 5.65. The van der Waals surface area contributed by atoms with Gasteiger partial charge >= 0.3 is 0 Å². The highest BCUT2D eigenvalue weighted by molar-refractivity contribution is 5.97. The molecule has 0 spiro atoms. The predicted octanol–water partition coefficient (Wildman–Crippen LogP) is 3.32. The zero-order valence-electron chi connectivity index (χ0n) is 17.0. The fourth-order valence-electron chi connectivity index (χ4n) is 4.49. The van der Waals surface area contributed by atoms with Crippen LogP contribution < -0.4 is 0 Å². The number of H-pyrrole nitrogens is 1. The van der Waals surface area contributed by atoms with Crippen LogP contribution in [-0.4, -0.2) is 57.2 Å². The van der Waals surface area contributed by atoms with Crippen LogP contribution in [0.5, 0.6) is 0 Å². The Balaban J connectivity index is 1.11. The third kappa shape index (κ3) is 4.09. The van der Waals surface area contributed by atoms with Gasteiger partial charge < -0.3 is 19.1 Å². The molecule has 0 aliphatic carbocycles. The van der Waals surface area contributed by atoms with Crippen molar-refractivity contribution < 1.29 is 14.1 Å². The van der Waals surface area contributed by atoms with Gasteiger partial charge in [0.05, 0.1) is 17.4 Å². The number of nitrogens with one attached hydrogen (secondary N) is 1. The van der Waals surface area contributed by atoms with E-state index in [4.69, 9.17) is 9.26 Å². The van der Waals surface area contributed by atoms with Gasteiger partial charge in [-0.05, 0) is 56.2 Å². The number of ether oxygens (including phenoxy) is 1. The number of likely N-dealkylation sites (tertiary alicyclic amines) is 1. The number of aromatic amines is 1. The maximum Gasteiger partial charge on any atom is 0.253 e. The van der Waals surface area contributed by atoms with Crippen molar-refractivity contribution in [3.05, 3.63) is 41.8 Å². The van der Waals surface area contributed by atoms with E-state index in [9.17, 15) is 4.79 Å². The van der Waals surface area contributed by atoms with E-state index in [-0.39, 0.29) is 5.91 Å². The van der Waals surface area contributed by atoms with E-state index in [1.807, 2.05) is 23.1 Å². The van der Waals surface area contributed by atoms with Crippen LogP contribution in [0.4, 0.5) is 0 Å². The molecule has 1 aromatic carbocycles. The van der Waals surface area contributed by atoms with Crippen molar-refractivity contribution in [1.82, 2.24) is 25.0 Å². The number of nitrogens with zero attached hydrogens (tertiary/aromatic N) is 4. The maximum absolute atomic E-state index is 12.9. The third-order valence-electron chi connectivity index (χ3n) is 6.40. The topological polar surface area (TPSA) is 97.1 Å². The minimum Gasteiger partial charge on any atom is -0.381 e. The number of hydrogen-bond acceptors (Lipinski definition) is 6. The molecule has 8 heteroatoms.